The zero-order valence-electron chi connectivity index (χ0n) is 15.6. The number of aliphatic hydroxyl groups excluding tert-OH is 1. The normalized spacial score (nSPS) is 12.5. The Morgan fingerprint density at radius 3 is 2.21 bits per heavy atom. The minimum absolute atomic E-state index is 0.104. The fourth-order valence-electron chi connectivity index (χ4n) is 2.69. The number of benzene rings is 3. The van der Waals surface area contributed by atoms with Crippen molar-refractivity contribution in [1.82, 2.24) is 5.32 Å². The summed E-state index contributed by atoms with van der Waals surface area (Å²) in [5, 5.41) is 13.5. The van der Waals surface area contributed by atoms with E-state index in [-0.39, 0.29) is 10.6 Å². The standard InChI is InChI=1S/C22H23NO4S/c1-17-7-13-21(14-8-17)28(25,26)27-20-11-9-19(10-12-20)22(24)16-23-15-18-5-3-2-4-6-18/h2-14,22-24H,15-16H2,1H3/t22-/m0/s1. The van der Waals surface area contributed by atoms with Crippen LogP contribution in [0.2, 0.25) is 0 Å². The van der Waals surface area contributed by atoms with Crippen LogP contribution in [0.25, 0.3) is 0 Å². The van der Waals surface area contributed by atoms with Crippen molar-refractivity contribution in [3.63, 3.8) is 0 Å². The summed E-state index contributed by atoms with van der Waals surface area (Å²) in [6.45, 7) is 2.93. The van der Waals surface area contributed by atoms with Gasteiger partial charge in [-0.1, -0.05) is 60.2 Å². The molecule has 0 aliphatic carbocycles. The Balaban J connectivity index is 1.57. The molecule has 0 radical (unpaired) electrons. The van der Waals surface area contributed by atoms with Crippen LogP contribution < -0.4 is 9.50 Å². The van der Waals surface area contributed by atoms with Crippen molar-refractivity contribution < 1.29 is 17.7 Å². The van der Waals surface area contributed by atoms with Gasteiger partial charge in [-0.2, -0.15) is 8.42 Å². The van der Waals surface area contributed by atoms with Crippen LogP contribution in [-0.4, -0.2) is 20.1 Å². The Morgan fingerprint density at radius 1 is 0.929 bits per heavy atom. The maximum absolute atomic E-state index is 12.3. The molecule has 0 bridgehead atoms. The van der Waals surface area contributed by atoms with Crippen molar-refractivity contribution in [3.8, 4) is 5.75 Å². The third kappa shape index (κ3) is 5.42. The number of rotatable bonds is 8. The topological polar surface area (TPSA) is 75.6 Å². The molecular formula is C22H23NO4S. The maximum Gasteiger partial charge on any atom is 0.339 e. The molecule has 0 aliphatic rings. The summed E-state index contributed by atoms with van der Waals surface area (Å²) >= 11 is 0. The molecule has 0 aromatic heterocycles. The molecule has 0 spiro atoms. The van der Waals surface area contributed by atoms with Crippen molar-refractivity contribution in [1.29, 1.82) is 0 Å². The van der Waals surface area contributed by atoms with E-state index in [0.717, 1.165) is 11.1 Å². The molecule has 0 heterocycles. The van der Waals surface area contributed by atoms with Crippen molar-refractivity contribution in [2.75, 3.05) is 6.54 Å². The van der Waals surface area contributed by atoms with E-state index < -0.39 is 16.2 Å². The molecule has 0 unspecified atom stereocenters. The van der Waals surface area contributed by atoms with Crippen LogP contribution in [0, 0.1) is 6.92 Å². The van der Waals surface area contributed by atoms with Crippen molar-refractivity contribution >= 4 is 10.1 Å². The second-order valence-corrected chi connectivity index (χ2v) is 8.10. The van der Waals surface area contributed by atoms with E-state index in [1.54, 1.807) is 36.4 Å². The highest BCUT2D eigenvalue weighted by Crippen LogP contribution is 2.22. The summed E-state index contributed by atoms with van der Waals surface area (Å²) in [6.07, 6.45) is -0.702. The lowest BCUT2D eigenvalue weighted by Crippen LogP contribution is -2.21. The van der Waals surface area contributed by atoms with Crippen LogP contribution in [0.4, 0.5) is 0 Å². The highest BCUT2D eigenvalue weighted by Gasteiger charge is 2.16. The molecule has 0 saturated heterocycles. The third-order valence-corrected chi connectivity index (χ3v) is 5.55. The first-order chi connectivity index (χ1) is 13.4. The Hall–Kier alpha value is -2.67. The lowest BCUT2D eigenvalue weighted by molar-refractivity contribution is 0.174. The third-order valence-electron chi connectivity index (χ3n) is 4.29. The molecule has 146 valence electrons. The van der Waals surface area contributed by atoms with E-state index in [9.17, 15) is 13.5 Å². The minimum Gasteiger partial charge on any atom is -0.387 e. The zero-order chi connectivity index (χ0) is 20.0. The molecule has 3 aromatic rings. The van der Waals surface area contributed by atoms with E-state index in [2.05, 4.69) is 5.32 Å². The molecule has 3 rings (SSSR count). The first kappa shape index (κ1) is 20.1. The van der Waals surface area contributed by atoms with Gasteiger partial charge in [-0.05, 0) is 42.3 Å². The van der Waals surface area contributed by atoms with Gasteiger partial charge >= 0.3 is 10.1 Å². The number of hydrogen-bond donors (Lipinski definition) is 2. The lowest BCUT2D eigenvalue weighted by atomic mass is 10.1. The van der Waals surface area contributed by atoms with E-state index in [4.69, 9.17) is 4.18 Å². The average Bonchev–Trinajstić information content (AvgIpc) is 2.69. The molecule has 0 aliphatic heterocycles. The monoisotopic (exact) mass is 397 g/mol. The van der Waals surface area contributed by atoms with Gasteiger partial charge in [0, 0.05) is 13.1 Å². The Kier molecular flexibility index (Phi) is 6.46. The predicted molar refractivity (Wildman–Crippen MR) is 109 cm³/mol. The first-order valence-corrected chi connectivity index (χ1v) is 10.4. The number of aryl methyl sites for hydroxylation is 1. The van der Waals surface area contributed by atoms with Gasteiger partial charge in [0.05, 0.1) is 6.10 Å². The van der Waals surface area contributed by atoms with Gasteiger partial charge in [0.1, 0.15) is 10.6 Å². The highest BCUT2D eigenvalue weighted by molar-refractivity contribution is 7.87. The highest BCUT2D eigenvalue weighted by atomic mass is 32.2. The summed E-state index contributed by atoms with van der Waals surface area (Å²) in [7, 11) is -3.88. The summed E-state index contributed by atoms with van der Waals surface area (Å²) in [4.78, 5) is 0.104. The van der Waals surface area contributed by atoms with Crippen molar-refractivity contribution in [2.24, 2.45) is 0 Å². The summed E-state index contributed by atoms with van der Waals surface area (Å²) in [6, 6.07) is 22.8. The smallest absolute Gasteiger partial charge is 0.339 e. The van der Waals surface area contributed by atoms with Gasteiger partial charge in [0.25, 0.3) is 0 Å². The molecule has 0 saturated carbocycles. The van der Waals surface area contributed by atoms with E-state index in [0.29, 0.717) is 18.7 Å². The quantitative estimate of drug-likeness (QED) is 0.568. The summed E-state index contributed by atoms with van der Waals surface area (Å²) in [5.41, 5.74) is 2.79. The van der Waals surface area contributed by atoms with E-state index >= 15 is 0 Å². The molecule has 1 atom stereocenters. The van der Waals surface area contributed by atoms with E-state index in [1.807, 2.05) is 37.3 Å². The molecule has 6 heteroatoms. The molecule has 3 aromatic carbocycles. The summed E-state index contributed by atoms with van der Waals surface area (Å²) in [5.74, 6) is 0.203. The van der Waals surface area contributed by atoms with Crippen LogP contribution in [-0.2, 0) is 16.7 Å². The van der Waals surface area contributed by atoms with Crippen LogP contribution >= 0.6 is 0 Å². The fourth-order valence-corrected chi connectivity index (χ4v) is 3.62. The van der Waals surface area contributed by atoms with Gasteiger partial charge in [0.2, 0.25) is 0 Å². The Labute approximate surface area is 165 Å². The Morgan fingerprint density at radius 2 is 1.57 bits per heavy atom. The van der Waals surface area contributed by atoms with Gasteiger partial charge < -0.3 is 14.6 Å². The molecule has 0 fully saturated rings. The minimum atomic E-state index is -3.88. The van der Waals surface area contributed by atoms with Crippen molar-refractivity contribution in [2.45, 2.75) is 24.5 Å². The predicted octanol–water partition coefficient (Wildman–Crippen LogP) is 3.59. The van der Waals surface area contributed by atoms with Gasteiger partial charge in [-0.3, -0.25) is 0 Å². The summed E-state index contributed by atoms with van der Waals surface area (Å²) < 4.78 is 29.8. The van der Waals surface area contributed by atoms with Gasteiger partial charge in [-0.25, -0.2) is 0 Å². The number of aliphatic hydroxyl groups is 1. The maximum atomic E-state index is 12.3. The lowest BCUT2D eigenvalue weighted by Gasteiger charge is -2.13. The van der Waals surface area contributed by atoms with E-state index in [1.165, 1.54) is 12.1 Å². The first-order valence-electron chi connectivity index (χ1n) is 8.98. The largest absolute Gasteiger partial charge is 0.387 e. The van der Waals surface area contributed by atoms with Crippen LogP contribution in [0.3, 0.4) is 0 Å². The van der Waals surface area contributed by atoms with Gasteiger partial charge in [-0.15, -0.1) is 0 Å². The van der Waals surface area contributed by atoms with Crippen LogP contribution in [0.1, 0.15) is 22.8 Å². The molecule has 28 heavy (non-hydrogen) atoms. The van der Waals surface area contributed by atoms with Crippen LogP contribution in [0.15, 0.2) is 83.8 Å². The zero-order valence-corrected chi connectivity index (χ0v) is 16.4. The SMILES string of the molecule is Cc1ccc(S(=O)(=O)Oc2ccc([C@@H](O)CNCc3ccccc3)cc2)cc1. The number of nitrogens with one attached hydrogen (secondary N) is 1. The molecule has 0 amide bonds. The second-order valence-electron chi connectivity index (χ2n) is 6.55. The van der Waals surface area contributed by atoms with Crippen molar-refractivity contribution in [3.05, 3.63) is 95.6 Å². The number of hydrogen-bond acceptors (Lipinski definition) is 5. The average molecular weight is 397 g/mol. The molecular weight excluding hydrogens is 374 g/mol. The molecule has 5 nitrogen and oxygen atoms in total. The second kappa shape index (κ2) is 9.01. The van der Waals surface area contributed by atoms with Crippen LogP contribution in [0.5, 0.6) is 5.75 Å². The fraction of sp³-hybridized carbons (Fsp3) is 0.182. The molecule has 2 N–H and O–H groups in total. The Bertz CT molecular complexity index is 985. The van der Waals surface area contributed by atoms with Gasteiger partial charge in [0.15, 0.2) is 0 Å².